The first-order valence-corrected chi connectivity index (χ1v) is 16.6. The number of alkyl halides is 1. The molecule has 2 saturated heterocycles. The molecule has 9 heteroatoms. The molecule has 0 unspecified atom stereocenters. The predicted molar refractivity (Wildman–Crippen MR) is 192 cm³/mol. The third-order valence-corrected chi connectivity index (χ3v) is 8.33. The summed E-state index contributed by atoms with van der Waals surface area (Å²) < 4.78 is 26.2. The summed E-state index contributed by atoms with van der Waals surface area (Å²) in [6, 6.07) is 31.9. The average molecular weight is 711 g/mol. The Morgan fingerprint density at radius 1 is 0.780 bits per heavy atom. The van der Waals surface area contributed by atoms with Crippen LogP contribution in [0.15, 0.2) is 116 Å². The van der Waals surface area contributed by atoms with Gasteiger partial charge >= 0.3 is 29.6 Å². The molecule has 2 heterocycles. The van der Waals surface area contributed by atoms with Crippen LogP contribution in [0.25, 0.3) is 5.70 Å². The van der Waals surface area contributed by atoms with Crippen molar-refractivity contribution in [1.82, 2.24) is 9.80 Å². The maximum atomic E-state index is 13.1. The van der Waals surface area contributed by atoms with Crippen molar-refractivity contribution in [3.63, 3.8) is 0 Å². The Morgan fingerprint density at radius 2 is 1.20 bits per heavy atom. The van der Waals surface area contributed by atoms with E-state index in [4.69, 9.17) is 11.6 Å². The number of hydrogen-bond acceptors (Lipinski definition) is 3. The first-order chi connectivity index (χ1) is 22.9. The van der Waals surface area contributed by atoms with E-state index in [0.717, 1.165) is 35.1 Å². The van der Waals surface area contributed by atoms with Crippen molar-refractivity contribution in [3.05, 3.63) is 150 Å². The molecule has 2 fully saturated rings. The molecule has 0 aromatic heterocycles. The van der Waals surface area contributed by atoms with E-state index < -0.39 is 5.60 Å². The predicted octanol–water partition coefficient (Wildman–Crippen LogP) is 6.41. The van der Waals surface area contributed by atoms with Gasteiger partial charge < -0.3 is 14.9 Å². The van der Waals surface area contributed by atoms with Crippen LogP contribution >= 0.6 is 11.6 Å². The zero-order valence-electron chi connectivity index (χ0n) is 28.6. The summed E-state index contributed by atoms with van der Waals surface area (Å²) >= 11 is 6.17. The number of rotatable bonds is 7. The van der Waals surface area contributed by atoms with Gasteiger partial charge in [-0.05, 0) is 59.4 Å². The minimum atomic E-state index is -0.750. The van der Waals surface area contributed by atoms with Crippen LogP contribution in [0.3, 0.4) is 0 Å². The molecule has 0 radical (unpaired) electrons. The number of hydrogen-bond donors (Lipinski definition) is 0. The van der Waals surface area contributed by atoms with Gasteiger partial charge in [-0.1, -0.05) is 120 Å². The fraction of sp³-hybridized carbons (Fsp3) is 0.317. The summed E-state index contributed by atoms with van der Waals surface area (Å²) in [5.74, 6) is -0.0249. The molecular weight excluding hydrogens is 665 g/mol. The quantitative estimate of drug-likeness (QED) is 0.165. The average Bonchev–Trinajstić information content (AvgIpc) is 3.64. The van der Waals surface area contributed by atoms with Gasteiger partial charge in [0.2, 0.25) is 11.8 Å². The van der Waals surface area contributed by atoms with Gasteiger partial charge in [-0.2, -0.15) is 0 Å². The van der Waals surface area contributed by atoms with E-state index in [-0.39, 0.29) is 78.6 Å². The Kier molecular flexibility index (Phi) is 17.0. The van der Waals surface area contributed by atoms with Crippen molar-refractivity contribution in [2.75, 3.05) is 5.88 Å². The molecule has 0 N–H and O–H groups in total. The maximum Gasteiger partial charge on any atom is 1.00 e. The number of halogens is 3. The molecule has 4 aromatic carbocycles. The van der Waals surface area contributed by atoms with Crippen LogP contribution in [0.5, 0.6) is 0 Å². The van der Waals surface area contributed by atoms with Crippen LogP contribution in [0.4, 0.5) is 8.78 Å². The first-order valence-electron chi connectivity index (χ1n) is 16.1. The largest absolute Gasteiger partial charge is 1.00 e. The van der Waals surface area contributed by atoms with E-state index in [9.17, 15) is 23.5 Å². The molecule has 2 aliphatic rings. The van der Waals surface area contributed by atoms with Crippen molar-refractivity contribution in [2.24, 2.45) is 0 Å². The van der Waals surface area contributed by atoms with Gasteiger partial charge in [-0.25, -0.2) is 8.78 Å². The molecule has 0 saturated carbocycles. The minimum absolute atomic E-state index is 0. The Hall–Kier alpha value is -3.33. The summed E-state index contributed by atoms with van der Waals surface area (Å²) in [7, 11) is 0. The monoisotopic (exact) mass is 710 g/mol. The van der Waals surface area contributed by atoms with Crippen molar-refractivity contribution in [2.45, 2.75) is 77.6 Å². The molecule has 0 bridgehead atoms. The van der Waals surface area contributed by atoms with Gasteiger partial charge in [0, 0.05) is 24.4 Å². The summed E-state index contributed by atoms with van der Waals surface area (Å²) in [5.41, 5.74) is 3.81. The topological polar surface area (TPSA) is 63.7 Å². The molecule has 2 aliphatic heterocycles. The zero-order valence-corrected chi connectivity index (χ0v) is 31.4. The summed E-state index contributed by atoms with van der Waals surface area (Å²) in [6.07, 6.45) is 2.47. The summed E-state index contributed by atoms with van der Waals surface area (Å²) in [6.45, 7) is 8.98. The van der Waals surface area contributed by atoms with Gasteiger partial charge in [-0.15, -0.1) is 17.2 Å². The summed E-state index contributed by atoms with van der Waals surface area (Å²) in [4.78, 5) is 28.2. The number of amides is 2. The van der Waals surface area contributed by atoms with Crippen LogP contribution in [0.1, 0.15) is 94.3 Å². The van der Waals surface area contributed by atoms with E-state index in [2.05, 4.69) is 6.58 Å². The number of benzene rings is 4. The van der Waals surface area contributed by atoms with E-state index in [0.29, 0.717) is 24.4 Å². The first kappa shape index (κ1) is 42.8. The molecular formula is C41H46ClF2N2NaO3. The van der Waals surface area contributed by atoms with Gasteiger partial charge in [-0.3, -0.25) is 9.59 Å². The van der Waals surface area contributed by atoms with Crippen molar-refractivity contribution < 1.29 is 53.0 Å². The van der Waals surface area contributed by atoms with Crippen molar-refractivity contribution >= 4 is 29.1 Å². The molecule has 3 atom stereocenters. The Morgan fingerprint density at radius 3 is 1.68 bits per heavy atom. The van der Waals surface area contributed by atoms with Crippen LogP contribution in [0, 0.1) is 11.6 Å². The Balaban J connectivity index is 0.000000296. The SMILES string of the molecule is C.C=C(c1ccccc1)N1C(=O)CC[C@H]1c1ccc(F)cc1.CC(C)(C)[O-].O=C1CC[C@@H](c2ccc(F)cc2)N1[C@@H](CCl)c1ccccc1.[Na+]. The van der Waals surface area contributed by atoms with Gasteiger partial charge in [0.15, 0.2) is 0 Å². The van der Waals surface area contributed by atoms with Crippen LogP contribution in [0.2, 0.25) is 0 Å². The molecule has 260 valence electrons. The molecule has 50 heavy (non-hydrogen) atoms. The molecule has 6 rings (SSSR count). The number of carbonyl (C=O) groups excluding carboxylic acids is 2. The molecule has 0 spiro atoms. The van der Waals surface area contributed by atoms with Crippen molar-refractivity contribution in [1.29, 1.82) is 0 Å². The van der Waals surface area contributed by atoms with Gasteiger partial charge in [0.25, 0.3) is 0 Å². The van der Waals surface area contributed by atoms with Crippen molar-refractivity contribution in [3.8, 4) is 0 Å². The van der Waals surface area contributed by atoms with E-state index in [1.165, 1.54) is 24.3 Å². The number of carbonyl (C=O) groups is 2. The Labute approximate surface area is 323 Å². The number of likely N-dealkylation sites (tertiary alicyclic amines) is 2. The molecule has 5 nitrogen and oxygen atoms in total. The molecule has 2 amide bonds. The number of nitrogens with zero attached hydrogens (tertiary/aromatic N) is 2. The third-order valence-electron chi connectivity index (χ3n) is 8.04. The normalized spacial score (nSPS) is 17.3. The third kappa shape index (κ3) is 11.9. The van der Waals surface area contributed by atoms with E-state index >= 15 is 0 Å². The second kappa shape index (κ2) is 19.9. The maximum absolute atomic E-state index is 13.1. The standard InChI is InChI=1S/C18H17ClFNO.C18H16FNO.C4H9O.CH4.Na/c19-12-17(13-4-2-1-3-5-13)21-16(10-11-18(21)22)14-6-8-15(20)9-7-14;1-13(14-5-3-2-4-6-14)20-17(11-12-18(20)21)15-7-9-16(19)10-8-15;1-4(2,3)5;;/h1-9,16-17H,10-12H2;2-10,17H,1,11-12H2;1-3H3;1H4;/q;;-1;;+1/t16-,17-;17-;;;/m00.../s1. The van der Waals surface area contributed by atoms with Gasteiger partial charge in [0.1, 0.15) is 11.6 Å². The van der Waals surface area contributed by atoms with Gasteiger partial charge in [0.05, 0.1) is 18.1 Å². The second-order valence-corrected chi connectivity index (χ2v) is 13.1. The summed E-state index contributed by atoms with van der Waals surface area (Å²) in [5, 5.41) is 10.1. The molecule has 4 aromatic rings. The van der Waals surface area contributed by atoms with E-state index in [1.54, 1.807) is 49.9 Å². The fourth-order valence-corrected chi connectivity index (χ4v) is 6.22. The zero-order chi connectivity index (χ0) is 34.8. The Bertz CT molecular complexity index is 1640. The second-order valence-electron chi connectivity index (χ2n) is 12.8. The smallest absolute Gasteiger partial charge is 0.850 e. The van der Waals surface area contributed by atoms with Crippen LogP contribution in [-0.2, 0) is 9.59 Å². The van der Waals surface area contributed by atoms with Crippen LogP contribution < -0.4 is 34.7 Å². The fourth-order valence-electron chi connectivity index (χ4n) is 5.90. The van der Waals surface area contributed by atoms with E-state index in [1.807, 2.05) is 65.6 Å². The minimum Gasteiger partial charge on any atom is -0.850 e. The molecule has 0 aliphatic carbocycles. The van der Waals surface area contributed by atoms with Crippen LogP contribution in [-0.4, -0.2) is 33.1 Å².